The topological polar surface area (TPSA) is 45.7 Å². The van der Waals surface area contributed by atoms with Crippen LogP contribution in [0.3, 0.4) is 0 Å². The predicted molar refractivity (Wildman–Crippen MR) is 89.9 cm³/mol. The number of ether oxygens (including phenoxy) is 1. The van der Waals surface area contributed by atoms with Crippen molar-refractivity contribution in [2.45, 2.75) is 26.3 Å². The van der Waals surface area contributed by atoms with E-state index in [0.29, 0.717) is 12.6 Å². The standard InChI is InChI=1S/C18H23N3O/c1-13-4-3-5-16(14(13)2)17(21-18-20-10-11-22-18)12-15-6-8-19-9-7-15/h3-8,17,19H,9-12H2,1-2H3,(H,20,21). The van der Waals surface area contributed by atoms with Gasteiger partial charge in [-0.1, -0.05) is 24.3 Å². The average molecular weight is 297 g/mol. The summed E-state index contributed by atoms with van der Waals surface area (Å²) < 4.78 is 5.55. The summed E-state index contributed by atoms with van der Waals surface area (Å²) >= 11 is 0. The van der Waals surface area contributed by atoms with Crippen molar-refractivity contribution in [3.63, 3.8) is 0 Å². The Morgan fingerprint density at radius 3 is 3.00 bits per heavy atom. The quantitative estimate of drug-likeness (QED) is 0.898. The fourth-order valence-electron chi connectivity index (χ4n) is 2.84. The third-order valence-electron chi connectivity index (χ3n) is 4.24. The molecule has 1 aromatic carbocycles. The molecule has 2 N–H and O–H groups in total. The van der Waals surface area contributed by atoms with E-state index in [1.54, 1.807) is 0 Å². The van der Waals surface area contributed by atoms with E-state index in [-0.39, 0.29) is 6.04 Å². The lowest BCUT2D eigenvalue weighted by Gasteiger charge is -2.23. The van der Waals surface area contributed by atoms with Crippen LogP contribution in [0.5, 0.6) is 0 Å². The second-order valence-corrected chi connectivity index (χ2v) is 5.75. The highest BCUT2D eigenvalue weighted by Gasteiger charge is 2.20. The van der Waals surface area contributed by atoms with Crippen LogP contribution in [0, 0.1) is 13.8 Å². The van der Waals surface area contributed by atoms with Crippen molar-refractivity contribution in [3.8, 4) is 0 Å². The van der Waals surface area contributed by atoms with Gasteiger partial charge in [-0.05, 0) is 54.8 Å². The molecule has 2 heterocycles. The summed E-state index contributed by atoms with van der Waals surface area (Å²) in [7, 11) is 0. The minimum absolute atomic E-state index is 0.172. The highest BCUT2D eigenvalue weighted by atomic mass is 16.5. The summed E-state index contributed by atoms with van der Waals surface area (Å²) in [6.45, 7) is 6.65. The van der Waals surface area contributed by atoms with Gasteiger partial charge in [0.25, 0.3) is 6.02 Å². The third-order valence-corrected chi connectivity index (χ3v) is 4.24. The lowest BCUT2D eigenvalue weighted by atomic mass is 9.92. The Bertz CT molecular complexity index is 631. The maximum atomic E-state index is 5.55. The molecule has 4 nitrogen and oxygen atoms in total. The van der Waals surface area contributed by atoms with E-state index in [1.165, 1.54) is 22.3 Å². The van der Waals surface area contributed by atoms with Crippen LogP contribution in [0.4, 0.5) is 0 Å². The second-order valence-electron chi connectivity index (χ2n) is 5.75. The number of aryl methyl sites for hydroxylation is 1. The lowest BCUT2D eigenvalue weighted by molar-refractivity contribution is 0.325. The van der Waals surface area contributed by atoms with Crippen molar-refractivity contribution in [3.05, 3.63) is 58.8 Å². The van der Waals surface area contributed by atoms with Gasteiger partial charge < -0.3 is 15.4 Å². The molecule has 3 rings (SSSR count). The van der Waals surface area contributed by atoms with E-state index in [9.17, 15) is 0 Å². The summed E-state index contributed by atoms with van der Waals surface area (Å²) in [5.74, 6) is 0. The number of rotatable bonds is 4. The zero-order valence-corrected chi connectivity index (χ0v) is 13.2. The van der Waals surface area contributed by atoms with Gasteiger partial charge in [0, 0.05) is 6.54 Å². The molecule has 2 aliphatic heterocycles. The number of benzene rings is 1. The zero-order chi connectivity index (χ0) is 15.4. The summed E-state index contributed by atoms with van der Waals surface area (Å²) in [5.41, 5.74) is 5.28. The first kappa shape index (κ1) is 14.7. The van der Waals surface area contributed by atoms with Gasteiger partial charge in [-0.2, -0.15) is 0 Å². The van der Waals surface area contributed by atoms with Crippen molar-refractivity contribution >= 4 is 6.02 Å². The molecule has 0 bridgehead atoms. The maximum Gasteiger partial charge on any atom is 0.285 e. The normalized spacial score (nSPS) is 18.1. The first-order chi connectivity index (χ1) is 10.7. The lowest BCUT2D eigenvalue weighted by Crippen LogP contribution is -2.30. The number of hydrogen-bond donors (Lipinski definition) is 2. The van der Waals surface area contributed by atoms with Gasteiger partial charge in [0.1, 0.15) is 6.61 Å². The summed E-state index contributed by atoms with van der Waals surface area (Å²) in [6.07, 6.45) is 7.31. The van der Waals surface area contributed by atoms with Crippen molar-refractivity contribution in [1.82, 2.24) is 10.6 Å². The van der Waals surface area contributed by atoms with E-state index < -0.39 is 0 Å². The summed E-state index contributed by atoms with van der Waals surface area (Å²) in [6, 6.07) is 7.32. The van der Waals surface area contributed by atoms with Gasteiger partial charge in [0.2, 0.25) is 0 Å². The van der Waals surface area contributed by atoms with E-state index >= 15 is 0 Å². The summed E-state index contributed by atoms with van der Waals surface area (Å²) in [4.78, 5) is 4.38. The fraction of sp³-hybridized carbons (Fsp3) is 0.389. The van der Waals surface area contributed by atoms with Crippen LogP contribution in [-0.4, -0.2) is 25.7 Å². The van der Waals surface area contributed by atoms with Crippen molar-refractivity contribution in [1.29, 1.82) is 0 Å². The average Bonchev–Trinajstić information content (AvgIpc) is 3.03. The fourth-order valence-corrected chi connectivity index (χ4v) is 2.84. The molecule has 0 saturated heterocycles. The molecule has 0 amide bonds. The SMILES string of the molecule is Cc1cccc(C(CC2=CCNC=C2)NC2=NCCO2)c1C. The molecule has 4 heteroatoms. The smallest absolute Gasteiger partial charge is 0.285 e. The number of aliphatic imine (C=N–C) groups is 1. The number of nitrogens with zero attached hydrogens (tertiary/aromatic N) is 1. The van der Waals surface area contributed by atoms with E-state index in [4.69, 9.17) is 4.74 Å². The Labute approximate surface area is 132 Å². The largest absolute Gasteiger partial charge is 0.463 e. The third kappa shape index (κ3) is 3.32. The first-order valence-corrected chi connectivity index (χ1v) is 7.83. The molecule has 1 atom stereocenters. The monoisotopic (exact) mass is 297 g/mol. The molecule has 1 unspecified atom stereocenters. The van der Waals surface area contributed by atoms with E-state index in [1.807, 2.05) is 6.20 Å². The van der Waals surface area contributed by atoms with Gasteiger partial charge in [-0.25, -0.2) is 4.99 Å². The molecule has 0 fully saturated rings. The Hall–Kier alpha value is -2.23. The molecule has 2 aliphatic rings. The minimum atomic E-state index is 0.172. The molecule has 0 aliphatic carbocycles. The molecule has 0 aromatic heterocycles. The van der Waals surface area contributed by atoms with Gasteiger partial charge >= 0.3 is 0 Å². The first-order valence-electron chi connectivity index (χ1n) is 7.83. The molecule has 0 spiro atoms. The number of dihydropyridines is 1. The molecule has 1 aromatic rings. The zero-order valence-electron chi connectivity index (χ0n) is 13.2. The number of amidine groups is 1. The Morgan fingerprint density at radius 2 is 2.27 bits per heavy atom. The molecular weight excluding hydrogens is 274 g/mol. The maximum absolute atomic E-state index is 5.55. The highest BCUT2D eigenvalue weighted by Crippen LogP contribution is 2.27. The van der Waals surface area contributed by atoms with E-state index in [0.717, 1.165) is 19.5 Å². The molecule has 0 saturated carbocycles. The molecule has 0 radical (unpaired) electrons. The minimum Gasteiger partial charge on any atom is -0.463 e. The summed E-state index contributed by atoms with van der Waals surface area (Å²) in [5, 5.41) is 6.68. The van der Waals surface area contributed by atoms with Crippen molar-refractivity contribution in [2.24, 2.45) is 4.99 Å². The van der Waals surface area contributed by atoms with Crippen LogP contribution in [0.25, 0.3) is 0 Å². The molecule has 116 valence electrons. The highest BCUT2D eigenvalue weighted by molar-refractivity contribution is 5.75. The Kier molecular flexibility index (Phi) is 4.47. The van der Waals surface area contributed by atoms with Crippen molar-refractivity contribution in [2.75, 3.05) is 19.7 Å². The van der Waals surface area contributed by atoms with Crippen LogP contribution < -0.4 is 10.6 Å². The van der Waals surface area contributed by atoms with Gasteiger partial charge in [-0.15, -0.1) is 0 Å². The number of nitrogens with one attached hydrogen (secondary N) is 2. The Morgan fingerprint density at radius 1 is 1.36 bits per heavy atom. The van der Waals surface area contributed by atoms with Crippen LogP contribution in [0.15, 0.2) is 47.1 Å². The van der Waals surface area contributed by atoms with Gasteiger partial charge in [0.05, 0.1) is 12.6 Å². The number of allylic oxidation sites excluding steroid dienone is 1. The molecular formula is C18H23N3O. The number of hydrogen-bond acceptors (Lipinski definition) is 4. The van der Waals surface area contributed by atoms with Gasteiger partial charge in [-0.3, -0.25) is 0 Å². The van der Waals surface area contributed by atoms with Crippen molar-refractivity contribution < 1.29 is 4.74 Å². The second kappa shape index (κ2) is 6.69. The van der Waals surface area contributed by atoms with Crippen LogP contribution >= 0.6 is 0 Å². The molecule has 22 heavy (non-hydrogen) atoms. The van der Waals surface area contributed by atoms with Crippen LogP contribution in [0.1, 0.15) is 29.2 Å². The van der Waals surface area contributed by atoms with Crippen LogP contribution in [-0.2, 0) is 4.74 Å². The van der Waals surface area contributed by atoms with E-state index in [2.05, 4.69) is 59.8 Å². The van der Waals surface area contributed by atoms with Gasteiger partial charge in [0.15, 0.2) is 0 Å². The predicted octanol–water partition coefficient (Wildman–Crippen LogP) is 2.75. The Balaban J connectivity index is 1.86. The van der Waals surface area contributed by atoms with Crippen LogP contribution in [0.2, 0.25) is 0 Å².